The average Bonchev–Trinajstić information content (AvgIpc) is 3.24. The minimum absolute atomic E-state index is 0.184. The highest BCUT2D eigenvalue weighted by atomic mass is 79.9. The number of allylic oxidation sites excluding steroid dienone is 1. The molecule has 1 aromatic carbocycles. The molecule has 0 aliphatic carbocycles. The molecule has 0 radical (unpaired) electrons. The van der Waals surface area contributed by atoms with E-state index in [9.17, 15) is 14.0 Å². The van der Waals surface area contributed by atoms with E-state index in [1.54, 1.807) is 44.2 Å². The molecule has 0 saturated carbocycles. The molecule has 1 aliphatic heterocycles. The van der Waals surface area contributed by atoms with Gasteiger partial charge in [-0.1, -0.05) is 23.5 Å². The molecule has 0 spiro atoms. The van der Waals surface area contributed by atoms with Crippen LogP contribution < -0.4 is 14.9 Å². The molecule has 0 fully saturated rings. The number of ether oxygens (including phenoxy) is 1. The molecule has 4 rings (SSSR count). The number of aromatic nitrogens is 1. The molecular weight excluding hydrogens is 475 g/mol. The van der Waals surface area contributed by atoms with Gasteiger partial charge in [-0.25, -0.2) is 14.2 Å². The van der Waals surface area contributed by atoms with Crippen molar-refractivity contribution in [3.8, 4) is 0 Å². The number of fused-ring (bicyclic) bond motifs is 1. The predicted octanol–water partition coefficient (Wildman–Crippen LogP) is 3.29. The van der Waals surface area contributed by atoms with Crippen LogP contribution in [0.3, 0.4) is 0 Å². The Hall–Kier alpha value is -2.78. The fourth-order valence-corrected chi connectivity index (χ4v) is 4.63. The quantitative estimate of drug-likeness (QED) is 0.526. The molecule has 1 unspecified atom stereocenters. The maximum Gasteiger partial charge on any atom is 0.338 e. The van der Waals surface area contributed by atoms with E-state index in [0.717, 1.165) is 0 Å². The van der Waals surface area contributed by atoms with Crippen molar-refractivity contribution in [3.05, 3.63) is 89.2 Å². The Morgan fingerprint density at radius 1 is 1.33 bits per heavy atom. The summed E-state index contributed by atoms with van der Waals surface area (Å²) in [6.45, 7) is 3.59. The molecule has 1 atom stereocenters. The molecule has 3 aromatic rings. The Balaban J connectivity index is 1.96. The molecule has 0 bridgehead atoms. The summed E-state index contributed by atoms with van der Waals surface area (Å²) in [5.41, 5.74) is 0.969. The minimum Gasteiger partial charge on any atom is -0.463 e. The van der Waals surface area contributed by atoms with Gasteiger partial charge in [-0.3, -0.25) is 9.36 Å². The van der Waals surface area contributed by atoms with Crippen LogP contribution in [0.5, 0.6) is 0 Å². The molecule has 2 aromatic heterocycles. The second-order valence-corrected chi connectivity index (χ2v) is 8.29. The van der Waals surface area contributed by atoms with Gasteiger partial charge in [-0.15, -0.1) is 0 Å². The summed E-state index contributed by atoms with van der Waals surface area (Å²) >= 11 is 4.43. The van der Waals surface area contributed by atoms with Crippen molar-refractivity contribution in [2.24, 2.45) is 4.99 Å². The van der Waals surface area contributed by atoms with Crippen molar-refractivity contribution in [1.29, 1.82) is 0 Å². The monoisotopic (exact) mass is 490 g/mol. The number of furan rings is 1. The maximum atomic E-state index is 13.5. The van der Waals surface area contributed by atoms with Crippen molar-refractivity contribution >= 4 is 39.3 Å². The van der Waals surface area contributed by atoms with Crippen LogP contribution in [0.15, 0.2) is 66.5 Å². The Morgan fingerprint density at radius 2 is 2.07 bits per heavy atom. The molecule has 9 heteroatoms. The average molecular weight is 491 g/mol. The van der Waals surface area contributed by atoms with E-state index < -0.39 is 17.8 Å². The van der Waals surface area contributed by atoms with Crippen LogP contribution in [0.2, 0.25) is 0 Å². The number of nitrogens with zero attached hydrogens (tertiary/aromatic N) is 2. The van der Waals surface area contributed by atoms with E-state index in [1.165, 1.54) is 28.0 Å². The van der Waals surface area contributed by atoms with E-state index in [0.29, 0.717) is 31.0 Å². The van der Waals surface area contributed by atoms with Gasteiger partial charge in [0.2, 0.25) is 0 Å². The number of hydrogen-bond acceptors (Lipinski definition) is 6. The summed E-state index contributed by atoms with van der Waals surface area (Å²) in [6, 6.07) is 8.39. The molecule has 3 heterocycles. The number of thiazole rings is 1. The summed E-state index contributed by atoms with van der Waals surface area (Å²) < 4.78 is 26.6. The Bertz CT molecular complexity index is 1330. The van der Waals surface area contributed by atoms with Gasteiger partial charge in [0.15, 0.2) is 9.47 Å². The van der Waals surface area contributed by atoms with Gasteiger partial charge < -0.3 is 9.15 Å². The first-order valence-electron chi connectivity index (χ1n) is 9.09. The molecule has 0 N–H and O–H groups in total. The lowest BCUT2D eigenvalue weighted by Crippen LogP contribution is -2.39. The first kappa shape index (κ1) is 20.5. The number of carbonyl (C=O) groups excluding carboxylic acids is 1. The summed E-state index contributed by atoms with van der Waals surface area (Å²) in [7, 11) is 0. The lowest BCUT2D eigenvalue weighted by atomic mass is 9.96. The van der Waals surface area contributed by atoms with Gasteiger partial charge in [0.05, 0.1) is 28.5 Å². The summed E-state index contributed by atoms with van der Waals surface area (Å²) in [5.74, 6) is -0.461. The number of esters is 1. The molecule has 0 amide bonds. The fourth-order valence-electron chi connectivity index (χ4n) is 3.29. The molecule has 0 saturated heterocycles. The highest BCUT2D eigenvalue weighted by Crippen LogP contribution is 2.30. The molecule has 1 aliphatic rings. The van der Waals surface area contributed by atoms with Gasteiger partial charge in [0.25, 0.3) is 5.56 Å². The second-order valence-electron chi connectivity index (χ2n) is 6.50. The number of hydrogen-bond donors (Lipinski definition) is 0. The van der Waals surface area contributed by atoms with Gasteiger partial charge in [-0.2, -0.15) is 0 Å². The Morgan fingerprint density at radius 3 is 2.70 bits per heavy atom. The van der Waals surface area contributed by atoms with Crippen molar-refractivity contribution in [3.63, 3.8) is 0 Å². The standard InChI is InChI=1S/C21H16BrFN2O4S/c1-3-28-20(27)17-11(2)24-21-25(18(17)12-4-6-13(23)7-5-12)19(26)15(30-21)10-14-8-9-16(22)29-14/h4-10,18H,3H2,1-2H3/b15-10-. The lowest BCUT2D eigenvalue weighted by Gasteiger charge is -2.24. The third-order valence-electron chi connectivity index (χ3n) is 4.57. The van der Waals surface area contributed by atoms with E-state index in [2.05, 4.69) is 20.9 Å². The first-order valence-corrected chi connectivity index (χ1v) is 10.7. The van der Waals surface area contributed by atoms with Crippen molar-refractivity contribution in [2.75, 3.05) is 6.61 Å². The lowest BCUT2D eigenvalue weighted by molar-refractivity contribution is -0.139. The largest absolute Gasteiger partial charge is 0.463 e. The van der Waals surface area contributed by atoms with Crippen molar-refractivity contribution in [2.45, 2.75) is 19.9 Å². The van der Waals surface area contributed by atoms with Gasteiger partial charge in [0, 0.05) is 6.08 Å². The molecular formula is C21H16BrFN2O4S. The van der Waals surface area contributed by atoms with Crippen LogP contribution in [0.4, 0.5) is 4.39 Å². The zero-order valence-corrected chi connectivity index (χ0v) is 18.4. The Kier molecular flexibility index (Phi) is 5.57. The van der Waals surface area contributed by atoms with E-state index in [4.69, 9.17) is 9.15 Å². The van der Waals surface area contributed by atoms with Crippen LogP contribution in [0, 0.1) is 5.82 Å². The third-order valence-corrected chi connectivity index (χ3v) is 5.98. The van der Waals surface area contributed by atoms with Crippen LogP contribution in [0.1, 0.15) is 31.2 Å². The topological polar surface area (TPSA) is 73.8 Å². The van der Waals surface area contributed by atoms with Gasteiger partial charge in [-0.05, 0) is 59.6 Å². The zero-order valence-electron chi connectivity index (χ0n) is 16.0. The predicted molar refractivity (Wildman–Crippen MR) is 113 cm³/mol. The van der Waals surface area contributed by atoms with Crippen LogP contribution in [-0.4, -0.2) is 17.1 Å². The normalized spacial score (nSPS) is 16.4. The molecule has 30 heavy (non-hydrogen) atoms. The fraction of sp³-hybridized carbons (Fsp3) is 0.190. The van der Waals surface area contributed by atoms with E-state index >= 15 is 0 Å². The zero-order chi connectivity index (χ0) is 21.4. The van der Waals surface area contributed by atoms with Crippen LogP contribution >= 0.6 is 27.3 Å². The second kappa shape index (κ2) is 8.16. The van der Waals surface area contributed by atoms with Gasteiger partial charge in [0.1, 0.15) is 11.6 Å². The van der Waals surface area contributed by atoms with Crippen LogP contribution in [-0.2, 0) is 9.53 Å². The smallest absolute Gasteiger partial charge is 0.338 e. The summed E-state index contributed by atoms with van der Waals surface area (Å²) in [5, 5.41) is 0. The van der Waals surface area contributed by atoms with E-state index in [-0.39, 0.29) is 17.7 Å². The molecule has 154 valence electrons. The summed E-state index contributed by atoms with van der Waals surface area (Å²) in [4.78, 5) is 30.9. The number of halogens is 2. The van der Waals surface area contributed by atoms with Crippen molar-refractivity contribution in [1.82, 2.24) is 4.57 Å². The van der Waals surface area contributed by atoms with Crippen molar-refractivity contribution < 1.29 is 18.3 Å². The number of benzene rings is 1. The SMILES string of the molecule is CCOC(=O)C1=C(C)N=c2s/c(=C\c3ccc(Br)o3)c(=O)n2C1c1ccc(F)cc1. The maximum absolute atomic E-state index is 13.5. The highest BCUT2D eigenvalue weighted by molar-refractivity contribution is 9.10. The summed E-state index contributed by atoms with van der Waals surface area (Å²) in [6.07, 6.45) is 1.62. The van der Waals surface area contributed by atoms with Crippen LogP contribution in [0.25, 0.3) is 6.08 Å². The van der Waals surface area contributed by atoms with E-state index in [1.807, 2.05) is 0 Å². The third kappa shape index (κ3) is 3.70. The molecule has 6 nitrogen and oxygen atoms in total. The van der Waals surface area contributed by atoms with Gasteiger partial charge >= 0.3 is 5.97 Å². The number of carbonyl (C=O) groups is 1. The minimum atomic E-state index is -0.772. The first-order chi connectivity index (χ1) is 14.4. The Labute approximate surface area is 182 Å². The number of rotatable bonds is 4. The highest BCUT2D eigenvalue weighted by Gasteiger charge is 2.33.